The van der Waals surface area contributed by atoms with E-state index in [1.807, 2.05) is 12.1 Å². The second-order valence-electron chi connectivity index (χ2n) is 5.53. The molecule has 0 saturated carbocycles. The van der Waals surface area contributed by atoms with Gasteiger partial charge in [0.1, 0.15) is 18.5 Å². The van der Waals surface area contributed by atoms with E-state index in [0.717, 1.165) is 13.1 Å². The number of benzene rings is 1. The molecule has 2 rings (SSSR count). The number of hydrogen-bond acceptors (Lipinski definition) is 4. The fraction of sp³-hybridized carbons (Fsp3) is 0.625. The summed E-state index contributed by atoms with van der Waals surface area (Å²) < 4.78 is 5.51. The second kappa shape index (κ2) is 9.26. The van der Waals surface area contributed by atoms with Gasteiger partial charge in [-0.1, -0.05) is 24.1 Å². The second-order valence-corrected chi connectivity index (χ2v) is 5.97. The lowest BCUT2D eigenvalue weighted by atomic mass is 10.1. The average molecular weight is 313 g/mol. The molecular weight excluding hydrogens is 288 g/mol. The molecule has 1 aliphatic rings. The van der Waals surface area contributed by atoms with E-state index in [1.165, 1.54) is 32.4 Å². The Morgan fingerprint density at radius 3 is 2.86 bits per heavy atom. The monoisotopic (exact) mass is 312 g/mol. The molecule has 1 fully saturated rings. The van der Waals surface area contributed by atoms with Gasteiger partial charge in [-0.15, -0.1) is 0 Å². The maximum Gasteiger partial charge on any atom is 0.120 e. The first-order valence-corrected chi connectivity index (χ1v) is 8.11. The van der Waals surface area contributed by atoms with Crippen molar-refractivity contribution in [3.63, 3.8) is 0 Å². The van der Waals surface area contributed by atoms with Crippen LogP contribution in [0.15, 0.2) is 24.3 Å². The average Bonchev–Trinajstić information content (AvgIpc) is 2.51. The van der Waals surface area contributed by atoms with Crippen LogP contribution < -0.4 is 10.1 Å². The summed E-state index contributed by atoms with van der Waals surface area (Å²) >= 11 is 5.88. The highest BCUT2D eigenvalue weighted by Crippen LogP contribution is 2.17. The van der Waals surface area contributed by atoms with Gasteiger partial charge in [0, 0.05) is 24.7 Å². The van der Waals surface area contributed by atoms with Crippen LogP contribution in [-0.4, -0.2) is 55.4 Å². The molecule has 1 aliphatic heterocycles. The Morgan fingerprint density at radius 1 is 1.29 bits per heavy atom. The van der Waals surface area contributed by atoms with Crippen LogP contribution in [0.25, 0.3) is 0 Å². The van der Waals surface area contributed by atoms with Crippen LogP contribution in [0, 0.1) is 0 Å². The van der Waals surface area contributed by atoms with Crippen molar-refractivity contribution in [2.75, 3.05) is 39.3 Å². The van der Waals surface area contributed by atoms with E-state index in [4.69, 9.17) is 16.3 Å². The van der Waals surface area contributed by atoms with Gasteiger partial charge in [-0.05, 0) is 44.1 Å². The Morgan fingerprint density at radius 2 is 2.10 bits per heavy atom. The standard InChI is InChI=1S/C16H25ClN2O2/c17-14-5-4-6-16(11-14)21-13-15(20)12-18-7-10-19-8-2-1-3-9-19/h4-6,11,15,18,20H,1-3,7-10,12-13H2. The predicted molar refractivity (Wildman–Crippen MR) is 86.1 cm³/mol. The summed E-state index contributed by atoms with van der Waals surface area (Å²) in [5.74, 6) is 0.690. The summed E-state index contributed by atoms with van der Waals surface area (Å²) in [6, 6.07) is 7.22. The molecule has 0 aliphatic carbocycles. The summed E-state index contributed by atoms with van der Waals surface area (Å²) in [6.07, 6.45) is 3.49. The van der Waals surface area contributed by atoms with Crippen molar-refractivity contribution in [1.29, 1.82) is 0 Å². The Bertz CT molecular complexity index is 411. The molecule has 2 N–H and O–H groups in total. The lowest BCUT2D eigenvalue weighted by molar-refractivity contribution is 0.105. The fourth-order valence-electron chi connectivity index (χ4n) is 2.50. The van der Waals surface area contributed by atoms with Crippen molar-refractivity contribution in [3.8, 4) is 5.75 Å². The van der Waals surface area contributed by atoms with Crippen molar-refractivity contribution in [1.82, 2.24) is 10.2 Å². The summed E-state index contributed by atoms with van der Waals surface area (Å²) in [5.41, 5.74) is 0. The van der Waals surface area contributed by atoms with Crippen molar-refractivity contribution < 1.29 is 9.84 Å². The van der Waals surface area contributed by atoms with Gasteiger partial charge in [0.2, 0.25) is 0 Å². The summed E-state index contributed by atoms with van der Waals surface area (Å²) in [6.45, 7) is 5.21. The van der Waals surface area contributed by atoms with Crippen LogP contribution in [0.5, 0.6) is 5.75 Å². The summed E-state index contributed by atoms with van der Waals surface area (Å²) in [4.78, 5) is 2.48. The minimum Gasteiger partial charge on any atom is -0.491 e. The maximum atomic E-state index is 9.88. The normalized spacial score (nSPS) is 17.6. The minimum absolute atomic E-state index is 0.275. The molecule has 0 bridgehead atoms. The highest BCUT2D eigenvalue weighted by atomic mass is 35.5. The van der Waals surface area contributed by atoms with Crippen LogP contribution in [0.3, 0.4) is 0 Å². The quantitative estimate of drug-likeness (QED) is 0.722. The first-order valence-electron chi connectivity index (χ1n) is 7.73. The van der Waals surface area contributed by atoms with E-state index in [2.05, 4.69) is 10.2 Å². The molecule has 118 valence electrons. The van der Waals surface area contributed by atoms with E-state index >= 15 is 0 Å². The smallest absolute Gasteiger partial charge is 0.120 e. The number of rotatable bonds is 8. The molecule has 0 amide bonds. The Kier molecular flexibility index (Phi) is 7.30. The zero-order valence-corrected chi connectivity index (χ0v) is 13.2. The molecule has 1 saturated heterocycles. The van der Waals surface area contributed by atoms with E-state index in [9.17, 15) is 5.11 Å². The number of aliphatic hydroxyl groups is 1. The molecule has 1 atom stereocenters. The van der Waals surface area contributed by atoms with Gasteiger partial charge >= 0.3 is 0 Å². The number of hydrogen-bond donors (Lipinski definition) is 2. The van der Waals surface area contributed by atoms with Crippen LogP contribution in [0.1, 0.15) is 19.3 Å². The fourth-order valence-corrected chi connectivity index (χ4v) is 2.68. The molecule has 1 unspecified atom stereocenters. The zero-order valence-electron chi connectivity index (χ0n) is 12.4. The number of halogens is 1. The topological polar surface area (TPSA) is 44.7 Å². The third-order valence-electron chi connectivity index (χ3n) is 3.67. The van der Waals surface area contributed by atoms with E-state index in [-0.39, 0.29) is 6.61 Å². The highest BCUT2D eigenvalue weighted by molar-refractivity contribution is 6.30. The summed E-state index contributed by atoms with van der Waals surface area (Å²) in [5, 5.41) is 13.8. The van der Waals surface area contributed by atoms with Gasteiger partial charge in [0.25, 0.3) is 0 Å². The van der Waals surface area contributed by atoms with Crippen LogP contribution >= 0.6 is 11.6 Å². The van der Waals surface area contributed by atoms with Gasteiger partial charge in [-0.25, -0.2) is 0 Å². The van der Waals surface area contributed by atoms with Crippen molar-refractivity contribution in [2.24, 2.45) is 0 Å². The number of aliphatic hydroxyl groups excluding tert-OH is 1. The van der Waals surface area contributed by atoms with Gasteiger partial charge in [-0.2, -0.15) is 0 Å². The molecule has 0 radical (unpaired) electrons. The molecule has 0 aromatic heterocycles. The molecule has 1 aromatic rings. The highest BCUT2D eigenvalue weighted by Gasteiger charge is 2.10. The Balaban J connectivity index is 1.54. The lowest BCUT2D eigenvalue weighted by Crippen LogP contribution is -2.39. The molecule has 0 spiro atoms. The van der Waals surface area contributed by atoms with Crippen LogP contribution in [-0.2, 0) is 0 Å². The SMILES string of the molecule is OC(CNCCN1CCCCC1)COc1cccc(Cl)c1. The third-order valence-corrected chi connectivity index (χ3v) is 3.91. The van der Waals surface area contributed by atoms with Gasteiger partial charge in [0.15, 0.2) is 0 Å². The van der Waals surface area contributed by atoms with E-state index in [0.29, 0.717) is 17.3 Å². The van der Waals surface area contributed by atoms with Gasteiger partial charge in [0.05, 0.1) is 0 Å². The number of likely N-dealkylation sites (tertiary alicyclic amines) is 1. The van der Waals surface area contributed by atoms with E-state index in [1.54, 1.807) is 12.1 Å². The molecule has 4 nitrogen and oxygen atoms in total. The Hall–Kier alpha value is -0.810. The maximum absolute atomic E-state index is 9.88. The first-order chi connectivity index (χ1) is 10.2. The number of ether oxygens (including phenoxy) is 1. The molecule has 1 heterocycles. The number of piperidine rings is 1. The number of nitrogens with one attached hydrogen (secondary N) is 1. The van der Waals surface area contributed by atoms with E-state index < -0.39 is 6.10 Å². The summed E-state index contributed by atoms with van der Waals surface area (Å²) in [7, 11) is 0. The molecule has 21 heavy (non-hydrogen) atoms. The molecular formula is C16H25ClN2O2. The number of nitrogens with zero attached hydrogens (tertiary/aromatic N) is 1. The molecule has 1 aromatic carbocycles. The van der Waals surface area contributed by atoms with Crippen molar-refractivity contribution >= 4 is 11.6 Å². The van der Waals surface area contributed by atoms with Crippen molar-refractivity contribution in [2.45, 2.75) is 25.4 Å². The lowest BCUT2D eigenvalue weighted by Gasteiger charge is -2.26. The Labute approximate surface area is 132 Å². The third kappa shape index (κ3) is 6.66. The van der Waals surface area contributed by atoms with Crippen molar-refractivity contribution in [3.05, 3.63) is 29.3 Å². The van der Waals surface area contributed by atoms with Gasteiger partial charge < -0.3 is 20.1 Å². The van der Waals surface area contributed by atoms with Gasteiger partial charge in [-0.3, -0.25) is 0 Å². The van der Waals surface area contributed by atoms with Crippen LogP contribution in [0.2, 0.25) is 5.02 Å². The zero-order chi connectivity index (χ0) is 14.9. The first kappa shape index (κ1) is 16.6. The largest absolute Gasteiger partial charge is 0.491 e. The van der Waals surface area contributed by atoms with Crippen LogP contribution in [0.4, 0.5) is 0 Å². The minimum atomic E-state index is -0.509. The molecule has 5 heteroatoms. The predicted octanol–water partition coefficient (Wildman–Crippen LogP) is 2.16.